The van der Waals surface area contributed by atoms with E-state index in [0.717, 1.165) is 6.54 Å². The number of allylic oxidation sites excluding steroid dienone is 2. The molecule has 0 spiro atoms. The van der Waals surface area contributed by atoms with Gasteiger partial charge >= 0.3 is 6.55 Å². The molecule has 2 nitrogen and oxygen atoms in total. The Morgan fingerprint density at radius 3 is 2.31 bits per heavy atom. The van der Waals surface area contributed by atoms with E-state index in [1.807, 2.05) is 20.8 Å². The van der Waals surface area contributed by atoms with Crippen molar-refractivity contribution in [2.45, 2.75) is 59.7 Å². The molecule has 0 aromatic rings. The van der Waals surface area contributed by atoms with Gasteiger partial charge in [0.05, 0.1) is 0 Å². The molecule has 0 bridgehead atoms. The molecule has 2 unspecified atom stereocenters. The van der Waals surface area contributed by atoms with Gasteiger partial charge < -0.3 is 10.2 Å². The Kier molecular flexibility index (Phi) is 7.30. The smallest absolute Gasteiger partial charge is 0.315 e. The number of alkyl halides is 2. The van der Waals surface area contributed by atoms with Gasteiger partial charge in [0.1, 0.15) is 0 Å². The fraction of sp³-hybridized carbons (Fsp3) is 0.833. The first-order chi connectivity index (χ1) is 7.43. The van der Waals surface area contributed by atoms with Crippen LogP contribution in [0.3, 0.4) is 0 Å². The fourth-order valence-electron chi connectivity index (χ4n) is 1.90. The minimum absolute atomic E-state index is 0.162. The van der Waals surface area contributed by atoms with Crippen molar-refractivity contribution in [1.29, 1.82) is 0 Å². The lowest BCUT2D eigenvalue weighted by atomic mass is 10.1. The van der Waals surface area contributed by atoms with E-state index in [1.165, 1.54) is 4.90 Å². The number of nitrogens with one attached hydrogen (secondary N) is 1. The number of rotatable bonds is 7. The molecular formula is C12H24F2N2. The van der Waals surface area contributed by atoms with Crippen molar-refractivity contribution in [2.75, 3.05) is 6.54 Å². The average molecular weight is 234 g/mol. The summed E-state index contributed by atoms with van der Waals surface area (Å²) in [5, 5.41) is 3.24. The number of halogens is 2. The highest BCUT2D eigenvalue weighted by molar-refractivity contribution is 4.97. The quantitative estimate of drug-likeness (QED) is 0.680. The minimum atomic E-state index is -2.43. The topological polar surface area (TPSA) is 15.3 Å². The van der Waals surface area contributed by atoms with Crippen molar-refractivity contribution in [3.63, 3.8) is 0 Å². The van der Waals surface area contributed by atoms with Gasteiger partial charge in [0, 0.05) is 17.8 Å². The van der Waals surface area contributed by atoms with Gasteiger partial charge in [-0.25, -0.2) is 0 Å². The zero-order valence-corrected chi connectivity index (χ0v) is 10.9. The molecule has 1 N–H and O–H groups in total. The van der Waals surface area contributed by atoms with Crippen molar-refractivity contribution in [3.8, 4) is 0 Å². The first-order valence-electron chi connectivity index (χ1n) is 5.86. The monoisotopic (exact) mass is 234 g/mol. The lowest BCUT2D eigenvalue weighted by molar-refractivity contribution is -0.0283. The van der Waals surface area contributed by atoms with E-state index in [2.05, 4.69) is 5.32 Å². The fourth-order valence-corrected chi connectivity index (χ4v) is 1.90. The predicted octanol–water partition coefficient (Wildman–Crippen LogP) is 3.21. The molecule has 2 atom stereocenters. The van der Waals surface area contributed by atoms with Crippen molar-refractivity contribution in [3.05, 3.63) is 11.8 Å². The highest BCUT2D eigenvalue weighted by Crippen LogP contribution is 2.19. The standard InChI is InChI=1S/C12H24F2N2/c1-6-10(4)16(12(13)14)11(5)8-9(3)15-7-2/h6,9,11-12,15H,7-8H2,1-5H3. The molecule has 16 heavy (non-hydrogen) atoms. The number of nitrogens with zero attached hydrogens (tertiary/aromatic N) is 1. The molecule has 0 fully saturated rings. The second-order valence-electron chi connectivity index (χ2n) is 4.16. The Bertz CT molecular complexity index is 217. The first kappa shape index (κ1) is 15.4. The third kappa shape index (κ3) is 4.92. The van der Waals surface area contributed by atoms with E-state index in [0.29, 0.717) is 12.1 Å². The van der Waals surface area contributed by atoms with Crippen molar-refractivity contribution in [2.24, 2.45) is 0 Å². The highest BCUT2D eigenvalue weighted by Gasteiger charge is 2.23. The lowest BCUT2D eigenvalue weighted by Gasteiger charge is -2.32. The van der Waals surface area contributed by atoms with Crippen LogP contribution in [0.1, 0.15) is 41.0 Å². The van der Waals surface area contributed by atoms with Gasteiger partial charge in [-0.1, -0.05) is 13.0 Å². The first-order valence-corrected chi connectivity index (χ1v) is 5.86. The van der Waals surface area contributed by atoms with Crippen LogP contribution in [0.2, 0.25) is 0 Å². The van der Waals surface area contributed by atoms with E-state index in [9.17, 15) is 8.78 Å². The molecule has 0 amide bonds. The molecule has 4 heteroatoms. The van der Waals surface area contributed by atoms with Gasteiger partial charge in [0.15, 0.2) is 0 Å². The van der Waals surface area contributed by atoms with E-state index >= 15 is 0 Å². The van der Waals surface area contributed by atoms with Gasteiger partial charge in [0.2, 0.25) is 0 Å². The van der Waals surface area contributed by atoms with Gasteiger partial charge in [-0.3, -0.25) is 0 Å². The summed E-state index contributed by atoms with van der Waals surface area (Å²) in [5.41, 5.74) is 0.631. The lowest BCUT2D eigenvalue weighted by Crippen LogP contribution is -2.40. The Morgan fingerprint density at radius 1 is 1.38 bits per heavy atom. The predicted molar refractivity (Wildman–Crippen MR) is 64.5 cm³/mol. The zero-order valence-electron chi connectivity index (χ0n) is 10.9. The zero-order chi connectivity index (χ0) is 12.7. The van der Waals surface area contributed by atoms with Crippen LogP contribution in [0, 0.1) is 0 Å². The molecule has 0 aromatic heterocycles. The number of hydrogen-bond donors (Lipinski definition) is 1. The summed E-state index contributed by atoms with van der Waals surface area (Å²) < 4.78 is 25.8. The van der Waals surface area contributed by atoms with E-state index in [4.69, 9.17) is 0 Å². The summed E-state index contributed by atoms with van der Waals surface area (Å²) in [4.78, 5) is 1.17. The van der Waals surface area contributed by atoms with Crippen LogP contribution in [0.15, 0.2) is 11.8 Å². The van der Waals surface area contributed by atoms with Crippen LogP contribution in [0.4, 0.5) is 8.78 Å². The minimum Gasteiger partial charge on any atom is -0.318 e. The molecule has 0 saturated carbocycles. The van der Waals surface area contributed by atoms with Crippen molar-refractivity contribution in [1.82, 2.24) is 10.2 Å². The van der Waals surface area contributed by atoms with E-state index in [1.54, 1.807) is 19.9 Å². The molecule has 0 heterocycles. The Hall–Kier alpha value is -0.640. The van der Waals surface area contributed by atoms with Gasteiger partial charge in [0.25, 0.3) is 0 Å². The highest BCUT2D eigenvalue weighted by atomic mass is 19.3. The summed E-state index contributed by atoms with van der Waals surface area (Å²) in [7, 11) is 0. The maximum absolute atomic E-state index is 12.9. The molecule has 0 aromatic carbocycles. The second-order valence-corrected chi connectivity index (χ2v) is 4.16. The van der Waals surface area contributed by atoms with E-state index in [-0.39, 0.29) is 12.1 Å². The molecule has 96 valence electrons. The molecular weight excluding hydrogens is 210 g/mol. The van der Waals surface area contributed by atoms with Crippen LogP contribution >= 0.6 is 0 Å². The van der Waals surface area contributed by atoms with Crippen LogP contribution in [-0.2, 0) is 0 Å². The molecule has 0 saturated heterocycles. The van der Waals surface area contributed by atoms with Gasteiger partial charge in [-0.2, -0.15) is 8.78 Å². The summed E-state index contributed by atoms with van der Waals surface area (Å²) in [6.45, 7) is 7.82. The second kappa shape index (κ2) is 7.60. The summed E-state index contributed by atoms with van der Waals surface area (Å²) in [6, 6.07) is 0.0937. The third-order valence-electron chi connectivity index (χ3n) is 2.76. The summed E-state index contributed by atoms with van der Waals surface area (Å²) >= 11 is 0. The maximum atomic E-state index is 12.9. The molecule has 0 aliphatic carbocycles. The average Bonchev–Trinajstić information content (AvgIpc) is 2.17. The summed E-state index contributed by atoms with van der Waals surface area (Å²) in [5.74, 6) is 0. The molecule has 0 aliphatic heterocycles. The Balaban J connectivity index is 4.45. The molecule has 0 aliphatic rings. The molecule has 0 rings (SSSR count). The molecule has 0 radical (unpaired) electrons. The third-order valence-corrected chi connectivity index (χ3v) is 2.76. The Labute approximate surface area is 97.7 Å². The van der Waals surface area contributed by atoms with Crippen LogP contribution in [0.5, 0.6) is 0 Å². The normalized spacial score (nSPS) is 16.4. The maximum Gasteiger partial charge on any atom is 0.315 e. The van der Waals surface area contributed by atoms with Crippen LogP contribution < -0.4 is 5.32 Å². The largest absolute Gasteiger partial charge is 0.318 e. The van der Waals surface area contributed by atoms with Gasteiger partial charge in [-0.05, 0) is 40.7 Å². The number of hydrogen-bond acceptors (Lipinski definition) is 2. The van der Waals surface area contributed by atoms with Crippen LogP contribution in [-0.4, -0.2) is 30.1 Å². The van der Waals surface area contributed by atoms with Crippen molar-refractivity contribution >= 4 is 0 Å². The van der Waals surface area contributed by atoms with Crippen LogP contribution in [0.25, 0.3) is 0 Å². The van der Waals surface area contributed by atoms with E-state index < -0.39 is 6.55 Å². The SMILES string of the molecule is CC=C(C)N(C(F)F)C(C)CC(C)NCC. The summed E-state index contributed by atoms with van der Waals surface area (Å²) in [6.07, 6.45) is 2.43. The Morgan fingerprint density at radius 2 is 1.94 bits per heavy atom. The van der Waals surface area contributed by atoms with Crippen molar-refractivity contribution < 1.29 is 8.78 Å². The van der Waals surface area contributed by atoms with Gasteiger partial charge in [-0.15, -0.1) is 0 Å².